The maximum Gasteiger partial charge on any atom is 0.339 e. The number of benzene rings is 1. The molecule has 0 saturated carbocycles. The lowest BCUT2D eigenvalue weighted by Gasteiger charge is -2.04. The number of hydrogen-bond acceptors (Lipinski definition) is 4. The largest absolute Gasteiger partial charge is 0.478 e. The number of aryl methyl sites for hydroxylation is 1. The lowest BCUT2D eigenvalue weighted by atomic mass is 10.1. The monoisotopic (exact) mass is 242 g/mol. The number of fused-ring (bicyclic) bond motifs is 3. The molecule has 3 rings (SSSR count). The maximum atomic E-state index is 11.2. The summed E-state index contributed by atoms with van der Waals surface area (Å²) in [6.07, 6.45) is 0.903. The molecule has 0 bridgehead atoms. The van der Waals surface area contributed by atoms with Crippen molar-refractivity contribution in [3.63, 3.8) is 0 Å². The Hall–Kier alpha value is -2.50. The summed E-state index contributed by atoms with van der Waals surface area (Å²) >= 11 is 0. The number of pyridine rings is 1. The fourth-order valence-corrected chi connectivity index (χ4v) is 2.01. The van der Waals surface area contributed by atoms with Gasteiger partial charge in [0.1, 0.15) is 5.56 Å². The first kappa shape index (κ1) is 10.6. The molecule has 6 heteroatoms. The summed E-state index contributed by atoms with van der Waals surface area (Å²) in [7, 11) is 0. The van der Waals surface area contributed by atoms with Crippen molar-refractivity contribution in [1.29, 1.82) is 0 Å². The fourth-order valence-electron chi connectivity index (χ4n) is 2.01. The minimum atomic E-state index is -1.03. The molecule has 2 heterocycles. The normalized spacial score (nSPS) is 11.2. The van der Waals surface area contributed by atoms with E-state index < -0.39 is 5.97 Å². The summed E-state index contributed by atoms with van der Waals surface area (Å²) < 4.78 is 1.47. The van der Waals surface area contributed by atoms with Crippen molar-refractivity contribution in [2.45, 2.75) is 13.3 Å². The van der Waals surface area contributed by atoms with E-state index in [9.17, 15) is 4.79 Å². The minimum absolute atomic E-state index is 0.108. The van der Waals surface area contributed by atoms with Crippen LogP contribution in [0.5, 0.6) is 0 Å². The van der Waals surface area contributed by atoms with Crippen molar-refractivity contribution in [2.24, 2.45) is 0 Å². The van der Waals surface area contributed by atoms with Gasteiger partial charge in [-0.25, -0.2) is 4.79 Å². The molecule has 0 unspecified atom stereocenters. The molecule has 0 fully saturated rings. The van der Waals surface area contributed by atoms with E-state index in [1.807, 2.05) is 18.2 Å². The Morgan fingerprint density at radius 3 is 2.94 bits per heavy atom. The van der Waals surface area contributed by atoms with Gasteiger partial charge in [-0.2, -0.15) is 4.52 Å². The predicted octanol–water partition coefficient (Wildman–Crippen LogP) is 1.54. The molecular weight excluding hydrogens is 232 g/mol. The third kappa shape index (κ3) is 1.42. The molecule has 0 spiro atoms. The highest BCUT2D eigenvalue weighted by Gasteiger charge is 2.15. The molecule has 18 heavy (non-hydrogen) atoms. The number of aromatic carboxylic acids is 1. The van der Waals surface area contributed by atoms with E-state index in [2.05, 4.69) is 22.4 Å². The zero-order chi connectivity index (χ0) is 12.7. The average molecular weight is 242 g/mol. The van der Waals surface area contributed by atoms with Crippen molar-refractivity contribution in [3.05, 3.63) is 35.4 Å². The van der Waals surface area contributed by atoms with E-state index in [1.165, 1.54) is 4.52 Å². The predicted molar refractivity (Wildman–Crippen MR) is 64.6 cm³/mol. The molecule has 0 atom stereocenters. The standard InChI is InChI=1S/C12H10N4O2/c1-2-7-3-4-8-6-9(12(17)18)11-13-14-15-16(11)10(8)5-7/h3-6H,2H2,1H3,(H,17,18). The van der Waals surface area contributed by atoms with E-state index in [0.29, 0.717) is 0 Å². The third-order valence-electron chi connectivity index (χ3n) is 2.97. The Kier molecular flexibility index (Phi) is 2.22. The van der Waals surface area contributed by atoms with E-state index in [4.69, 9.17) is 5.11 Å². The van der Waals surface area contributed by atoms with Crippen molar-refractivity contribution in [2.75, 3.05) is 0 Å². The zero-order valence-corrected chi connectivity index (χ0v) is 9.66. The molecule has 0 saturated heterocycles. The molecule has 0 amide bonds. The van der Waals surface area contributed by atoms with Crippen LogP contribution in [0.4, 0.5) is 0 Å². The highest BCUT2D eigenvalue weighted by Crippen LogP contribution is 2.20. The number of hydrogen-bond donors (Lipinski definition) is 1. The Morgan fingerprint density at radius 1 is 1.39 bits per heavy atom. The van der Waals surface area contributed by atoms with Crippen LogP contribution in [-0.4, -0.2) is 31.1 Å². The highest BCUT2D eigenvalue weighted by molar-refractivity contribution is 5.99. The molecule has 0 aliphatic rings. The van der Waals surface area contributed by atoms with Crippen LogP contribution < -0.4 is 0 Å². The third-order valence-corrected chi connectivity index (χ3v) is 2.97. The van der Waals surface area contributed by atoms with Gasteiger partial charge in [0, 0.05) is 5.39 Å². The Bertz CT molecular complexity index is 763. The van der Waals surface area contributed by atoms with Gasteiger partial charge in [-0.3, -0.25) is 0 Å². The quantitative estimate of drug-likeness (QED) is 0.737. The van der Waals surface area contributed by atoms with Gasteiger partial charge < -0.3 is 5.11 Å². The van der Waals surface area contributed by atoms with Crippen LogP contribution in [0.1, 0.15) is 22.8 Å². The molecule has 2 aromatic heterocycles. The van der Waals surface area contributed by atoms with Crippen molar-refractivity contribution in [1.82, 2.24) is 20.0 Å². The van der Waals surface area contributed by atoms with Gasteiger partial charge in [0.2, 0.25) is 0 Å². The molecule has 0 aliphatic carbocycles. The average Bonchev–Trinajstić information content (AvgIpc) is 2.86. The van der Waals surface area contributed by atoms with Gasteiger partial charge in [0.15, 0.2) is 5.65 Å². The molecule has 0 radical (unpaired) electrons. The zero-order valence-electron chi connectivity index (χ0n) is 9.66. The minimum Gasteiger partial charge on any atom is -0.478 e. The second kappa shape index (κ2) is 3.76. The summed E-state index contributed by atoms with van der Waals surface area (Å²) in [5, 5.41) is 21.1. The lowest BCUT2D eigenvalue weighted by Crippen LogP contribution is -2.03. The van der Waals surface area contributed by atoms with Crippen LogP contribution >= 0.6 is 0 Å². The van der Waals surface area contributed by atoms with E-state index in [-0.39, 0.29) is 11.2 Å². The summed E-state index contributed by atoms with van der Waals surface area (Å²) in [4.78, 5) is 11.2. The van der Waals surface area contributed by atoms with Gasteiger partial charge in [-0.15, -0.1) is 5.10 Å². The van der Waals surface area contributed by atoms with E-state index in [1.54, 1.807) is 6.07 Å². The molecule has 1 N–H and O–H groups in total. The molecule has 90 valence electrons. The smallest absolute Gasteiger partial charge is 0.339 e. The van der Waals surface area contributed by atoms with Gasteiger partial charge in [0.25, 0.3) is 0 Å². The number of carboxylic acid groups (broad SMARTS) is 1. The fraction of sp³-hybridized carbons (Fsp3) is 0.167. The van der Waals surface area contributed by atoms with Crippen LogP contribution in [0.3, 0.4) is 0 Å². The summed E-state index contributed by atoms with van der Waals surface area (Å²) in [6.45, 7) is 2.06. The summed E-state index contributed by atoms with van der Waals surface area (Å²) in [5.74, 6) is -1.03. The molecule has 0 aliphatic heterocycles. The molecule has 6 nitrogen and oxygen atoms in total. The number of carbonyl (C=O) groups is 1. The van der Waals surface area contributed by atoms with Gasteiger partial charge in [-0.05, 0) is 34.5 Å². The number of nitrogens with zero attached hydrogens (tertiary/aromatic N) is 4. The first-order valence-electron chi connectivity index (χ1n) is 5.57. The van der Waals surface area contributed by atoms with Crippen LogP contribution in [-0.2, 0) is 6.42 Å². The van der Waals surface area contributed by atoms with Crippen LogP contribution in [0.25, 0.3) is 16.6 Å². The van der Waals surface area contributed by atoms with E-state index in [0.717, 1.165) is 22.9 Å². The highest BCUT2D eigenvalue weighted by atomic mass is 16.4. The second-order valence-corrected chi connectivity index (χ2v) is 4.02. The number of tetrazole rings is 1. The van der Waals surface area contributed by atoms with Crippen molar-refractivity contribution in [3.8, 4) is 0 Å². The van der Waals surface area contributed by atoms with Gasteiger partial charge in [-0.1, -0.05) is 19.1 Å². The van der Waals surface area contributed by atoms with Crippen molar-refractivity contribution >= 4 is 22.5 Å². The summed E-state index contributed by atoms with van der Waals surface area (Å²) in [6, 6.07) is 7.44. The van der Waals surface area contributed by atoms with Crippen molar-refractivity contribution < 1.29 is 9.90 Å². The Balaban J connectivity index is 2.47. The first-order chi connectivity index (χ1) is 8.70. The maximum absolute atomic E-state index is 11.2. The number of aromatic nitrogens is 4. The topological polar surface area (TPSA) is 80.4 Å². The van der Waals surface area contributed by atoms with Crippen LogP contribution in [0.2, 0.25) is 0 Å². The number of carboxylic acids is 1. The number of rotatable bonds is 2. The first-order valence-corrected chi connectivity index (χ1v) is 5.57. The SMILES string of the molecule is CCc1ccc2cc(C(=O)O)c3nnnn3c2c1. The molecule has 3 aromatic rings. The van der Waals surface area contributed by atoms with Gasteiger partial charge >= 0.3 is 5.97 Å². The van der Waals surface area contributed by atoms with E-state index >= 15 is 0 Å². The summed E-state index contributed by atoms with van der Waals surface area (Å²) in [5.41, 5.74) is 2.35. The Labute approximate surface area is 102 Å². The van der Waals surface area contributed by atoms with Crippen LogP contribution in [0, 0.1) is 0 Å². The van der Waals surface area contributed by atoms with Gasteiger partial charge in [0.05, 0.1) is 5.52 Å². The second-order valence-electron chi connectivity index (χ2n) is 4.02. The Morgan fingerprint density at radius 2 is 2.22 bits per heavy atom. The van der Waals surface area contributed by atoms with Crippen LogP contribution in [0.15, 0.2) is 24.3 Å². The molecular formula is C12H10N4O2. The molecule has 1 aromatic carbocycles. The lowest BCUT2D eigenvalue weighted by molar-refractivity contribution is 0.0698.